The molecule has 0 aromatic carbocycles. The molecular formula is HAg2BrClI. The third kappa shape index (κ3) is 19.5. The van der Waals surface area contributed by atoms with Gasteiger partial charge in [-0.2, -0.15) is 0 Å². The van der Waals surface area contributed by atoms with Crippen LogP contribution < -0.4 is 41.0 Å². The largest absolute Gasteiger partial charge is 1.00 e. The summed E-state index contributed by atoms with van der Waals surface area (Å²) in [4.78, 5) is 0. The second kappa shape index (κ2) is 28.1. The van der Waals surface area contributed by atoms with Crippen LogP contribution in [0.25, 0.3) is 0 Å². The second-order valence-electron chi connectivity index (χ2n) is 0. The van der Waals surface area contributed by atoms with E-state index in [0.717, 1.165) is 0 Å². The van der Waals surface area contributed by atoms with Gasteiger partial charge in [0.15, 0.2) is 0 Å². The van der Waals surface area contributed by atoms with E-state index >= 15 is 0 Å². The minimum Gasteiger partial charge on any atom is -1.00 e. The van der Waals surface area contributed by atoms with Gasteiger partial charge in [-0.25, -0.2) is 0 Å². The molecule has 0 aliphatic rings. The third-order valence-corrected chi connectivity index (χ3v) is 0. The quantitative estimate of drug-likeness (QED) is 0.251. The second-order valence-corrected chi connectivity index (χ2v) is 0. The first kappa shape index (κ1) is 43.8. The van der Waals surface area contributed by atoms with Gasteiger partial charge in [0.25, 0.3) is 0 Å². The van der Waals surface area contributed by atoms with Crippen LogP contribution in [0.15, 0.2) is 0 Å². The summed E-state index contributed by atoms with van der Waals surface area (Å²) < 4.78 is 0. The van der Waals surface area contributed by atoms with Crippen LogP contribution in [0.2, 0.25) is 0 Å². The Bertz CT molecular complexity index is 9.61. The van der Waals surface area contributed by atoms with Crippen molar-refractivity contribution in [3.63, 3.8) is 0 Å². The molecule has 0 heterocycles. The van der Waals surface area contributed by atoms with Crippen molar-refractivity contribution in [1.29, 1.82) is 0 Å². The fourth-order valence-electron chi connectivity index (χ4n) is 0. The molecule has 0 fully saturated rings. The molecule has 0 aromatic rings. The molecule has 0 aromatic heterocycles. The molecule has 5 heteroatoms. The summed E-state index contributed by atoms with van der Waals surface area (Å²) in [5.41, 5.74) is 0. The van der Waals surface area contributed by atoms with Crippen molar-refractivity contribution in [1.82, 2.24) is 0 Å². The number of halogens is 3. The molecule has 0 amide bonds. The smallest absolute Gasteiger partial charge is 1.00 e. The molecule has 0 saturated heterocycles. The average molecular weight is 459 g/mol. The summed E-state index contributed by atoms with van der Waals surface area (Å²) in [5, 5.41) is 0. The maximum Gasteiger partial charge on any atom is 1.00 e. The first-order chi connectivity index (χ1) is 0. The molecule has 0 nitrogen and oxygen atoms in total. The number of rotatable bonds is 0. The zero-order valence-electron chi connectivity index (χ0n) is 1.77. The van der Waals surface area contributed by atoms with Gasteiger partial charge in [0.1, 0.15) is 0 Å². The van der Waals surface area contributed by atoms with Crippen molar-refractivity contribution >= 4 is 12.4 Å². The fraction of sp³-hybridized carbons (Fsp3) is 0. The summed E-state index contributed by atoms with van der Waals surface area (Å²) in [7, 11) is 0. The van der Waals surface area contributed by atoms with Crippen molar-refractivity contribution in [3.05, 3.63) is 0 Å². The average Bonchev–Trinajstić information content (AvgIpc) is 0. The molecule has 0 aliphatic carbocycles. The summed E-state index contributed by atoms with van der Waals surface area (Å²) in [5.74, 6) is 0. The van der Waals surface area contributed by atoms with Crippen molar-refractivity contribution in [2.75, 3.05) is 0 Å². The molecular weight excluding hydrogens is 458 g/mol. The number of hydrogen-bond donors (Lipinski definition) is 0. The van der Waals surface area contributed by atoms with Crippen LogP contribution in [-0.2, 0) is 44.8 Å². The van der Waals surface area contributed by atoms with Crippen molar-refractivity contribution < 1.29 is 85.7 Å². The molecule has 44 valence electrons. The Hall–Kier alpha value is 2.98. The van der Waals surface area contributed by atoms with E-state index in [4.69, 9.17) is 0 Å². The van der Waals surface area contributed by atoms with E-state index in [1.165, 1.54) is 0 Å². The van der Waals surface area contributed by atoms with Crippen molar-refractivity contribution in [2.45, 2.75) is 0 Å². The van der Waals surface area contributed by atoms with E-state index in [1.807, 2.05) is 0 Å². The van der Waals surface area contributed by atoms with Crippen LogP contribution >= 0.6 is 12.4 Å². The van der Waals surface area contributed by atoms with Gasteiger partial charge in [-0.05, 0) is 0 Å². The van der Waals surface area contributed by atoms with E-state index in [-0.39, 0.29) is 98.1 Å². The summed E-state index contributed by atoms with van der Waals surface area (Å²) in [6.45, 7) is 0. The Labute approximate surface area is 96.4 Å². The van der Waals surface area contributed by atoms with Gasteiger partial charge in [0, 0.05) is 0 Å². The van der Waals surface area contributed by atoms with E-state index in [9.17, 15) is 0 Å². The molecule has 0 rings (SSSR count). The molecule has 0 N–H and O–H groups in total. The van der Waals surface area contributed by atoms with E-state index in [1.54, 1.807) is 0 Å². The Morgan fingerprint density at radius 1 is 0.800 bits per heavy atom. The van der Waals surface area contributed by atoms with Gasteiger partial charge < -0.3 is 41.0 Å². The zero-order valence-corrected chi connectivity index (χ0v) is 9.29. The summed E-state index contributed by atoms with van der Waals surface area (Å²) in [6.07, 6.45) is 0. The SMILES string of the molecule is Cl.[Ag+].[Ag+].[Br-].[I-]. The number of hydrogen-bond acceptors (Lipinski definition) is 0. The van der Waals surface area contributed by atoms with Gasteiger partial charge in [0.05, 0.1) is 0 Å². The summed E-state index contributed by atoms with van der Waals surface area (Å²) in [6, 6.07) is 0. The van der Waals surface area contributed by atoms with Crippen LogP contribution in [0.3, 0.4) is 0 Å². The standard InChI is InChI=1S/2Ag.BrH.ClH.HI/h;;3*1H/q2*+1;;;/p-2. The normalized spacial score (nSPS) is 0. The Kier molecular flexibility index (Phi) is 246. The maximum absolute atomic E-state index is 0. The van der Waals surface area contributed by atoms with Gasteiger partial charge in [0.2, 0.25) is 0 Å². The fourth-order valence-corrected chi connectivity index (χ4v) is 0. The third-order valence-electron chi connectivity index (χ3n) is 0. The Balaban J connectivity index is 0. The molecule has 0 bridgehead atoms. The van der Waals surface area contributed by atoms with Crippen LogP contribution in [0.1, 0.15) is 0 Å². The minimum atomic E-state index is 0. The first-order valence-electron chi connectivity index (χ1n) is 0. The minimum absolute atomic E-state index is 0. The van der Waals surface area contributed by atoms with E-state index < -0.39 is 0 Å². The van der Waals surface area contributed by atoms with Gasteiger partial charge in [-0.15, -0.1) is 12.4 Å². The topological polar surface area (TPSA) is 0 Å². The Morgan fingerprint density at radius 2 is 0.800 bits per heavy atom. The first-order valence-corrected chi connectivity index (χ1v) is 0. The van der Waals surface area contributed by atoms with Crippen molar-refractivity contribution in [3.8, 4) is 0 Å². The molecule has 5 heavy (non-hydrogen) atoms. The molecule has 0 radical (unpaired) electrons. The molecule has 0 saturated carbocycles. The van der Waals surface area contributed by atoms with E-state index in [2.05, 4.69) is 0 Å². The maximum atomic E-state index is 0. The predicted octanol–water partition coefficient (Wildman–Crippen LogP) is -5.58. The van der Waals surface area contributed by atoms with E-state index in [0.29, 0.717) is 0 Å². The van der Waals surface area contributed by atoms with Crippen molar-refractivity contribution in [2.24, 2.45) is 0 Å². The molecule has 0 atom stereocenters. The zero-order chi connectivity index (χ0) is 0. The van der Waals surface area contributed by atoms with Crippen LogP contribution in [0.4, 0.5) is 0 Å². The monoisotopic (exact) mass is 456 g/mol. The van der Waals surface area contributed by atoms with Crippen LogP contribution in [0, 0.1) is 0 Å². The Morgan fingerprint density at radius 3 is 0.800 bits per heavy atom. The molecule has 0 unspecified atom stereocenters. The summed E-state index contributed by atoms with van der Waals surface area (Å²) >= 11 is 0. The molecule has 0 spiro atoms. The van der Waals surface area contributed by atoms with Crippen LogP contribution in [-0.4, -0.2) is 0 Å². The van der Waals surface area contributed by atoms with Gasteiger partial charge in [-0.1, -0.05) is 0 Å². The van der Waals surface area contributed by atoms with Gasteiger partial charge in [-0.3, -0.25) is 0 Å². The van der Waals surface area contributed by atoms with Gasteiger partial charge >= 0.3 is 44.8 Å². The molecule has 0 aliphatic heterocycles. The predicted molar refractivity (Wildman–Crippen MR) is 7.25 cm³/mol. The van der Waals surface area contributed by atoms with Crippen LogP contribution in [0.5, 0.6) is 0 Å².